The third kappa shape index (κ3) is 5.42. The second-order valence-electron chi connectivity index (χ2n) is 6.26. The number of esters is 1. The van der Waals surface area contributed by atoms with Crippen LogP contribution in [0.1, 0.15) is 18.9 Å². The molecular formula is C16H20FNO6S. The zero-order valence-electron chi connectivity index (χ0n) is 14.0. The van der Waals surface area contributed by atoms with E-state index in [9.17, 15) is 22.4 Å². The van der Waals surface area contributed by atoms with Crippen LogP contribution in [0.15, 0.2) is 18.2 Å². The third-order valence-corrected chi connectivity index (χ3v) is 5.78. The molecule has 7 nitrogen and oxygen atoms in total. The lowest BCUT2D eigenvalue weighted by atomic mass is 10.0. The lowest BCUT2D eigenvalue weighted by Gasteiger charge is -2.23. The third-order valence-electron chi connectivity index (χ3n) is 3.87. The van der Waals surface area contributed by atoms with Crippen molar-refractivity contribution in [3.05, 3.63) is 29.6 Å². The predicted molar refractivity (Wildman–Crippen MR) is 87.4 cm³/mol. The van der Waals surface area contributed by atoms with Gasteiger partial charge in [-0.3, -0.25) is 9.59 Å². The number of hydrogen-bond donors (Lipinski definition) is 1. The SMILES string of the molecule is COc1ccc(CC(=O)OCC(=O)N[C@@]2(C)CCS(=O)(=O)C2)cc1F. The van der Waals surface area contributed by atoms with Gasteiger partial charge in [-0.2, -0.15) is 0 Å². The van der Waals surface area contributed by atoms with Crippen LogP contribution < -0.4 is 10.1 Å². The van der Waals surface area contributed by atoms with Gasteiger partial charge in [-0.15, -0.1) is 0 Å². The zero-order valence-corrected chi connectivity index (χ0v) is 14.8. The van der Waals surface area contributed by atoms with Crippen LogP contribution in [0.3, 0.4) is 0 Å². The van der Waals surface area contributed by atoms with Crippen molar-refractivity contribution in [2.45, 2.75) is 25.3 Å². The van der Waals surface area contributed by atoms with E-state index in [1.165, 1.54) is 19.2 Å². The van der Waals surface area contributed by atoms with Crippen LogP contribution in [0.5, 0.6) is 5.75 Å². The van der Waals surface area contributed by atoms with Crippen LogP contribution in [0.25, 0.3) is 0 Å². The summed E-state index contributed by atoms with van der Waals surface area (Å²) in [7, 11) is -1.82. The second-order valence-corrected chi connectivity index (χ2v) is 8.44. The van der Waals surface area contributed by atoms with Crippen LogP contribution in [-0.4, -0.2) is 51.1 Å². The molecule has 0 spiro atoms. The molecule has 1 aromatic rings. The fourth-order valence-corrected chi connectivity index (χ4v) is 4.76. The van der Waals surface area contributed by atoms with Gasteiger partial charge in [-0.25, -0.2) is 12.8 Å². The van der Waals surface area contributed by atoms with Gasteiger partial charge in [0.25, 0.3) is 5.91 Å². The van der Waals surface area contributed by atoms with E-state index < -0.39 is 39.7 Å². The first-order chi connectivity index (χ1) is 11.6. The first-order valence-corrected chi connectivity index (χ1v) is 9.44. The highest BCUT2D eigenvalue weighted by Gasteiger charge is 2.39. The Hall–Kier alpha value is -2.16. The van der Waals surface area contributed by atoms with Gasteiger partial charge in [-0.1, -0.05) is 6.07 Å². The second kappa shape index (κ2) is 7.38. The van der Waals surface area contributed by atoms with Gasteiger partial charge in [0.1, 0.15) is 0 Å². The summed E-state index contributed by atoms with van der Waals surface area (Å²) < 4.78 is 46.2. The molecule has 1 heterocycles. The summed E-state index contributed by atoms with van der Waals surface area (Å²) in [5.41, 5.74) is -0.459. The highest BCUT2D eigenvalue weighted by molar-refractivity contribution is 7.91. The molecule has 0 unspecified atom stereocenters. The van der Waals surface area contributed by atoms with Crippen molar-refractivity contribution in [3.63, 3.8) is 0 Å². The van der Waals surface area contributed by atoms with E-state index in [0.717, 1.165) is 6.07 Å². The number of nitrogens with one attached hydrogen (secondary N) is 1. The maximum atomic E-state index is 13.6. The molecule has 1 aliphatic heterocycles. The number of halogens is 1. The number of benzene rings is 1. The van der Waals surface area contributed by atoms with Crippen molar-refractivity contribution < 1.29 is 31.9 Å². The Kier molecular flexibility index (Phi) is 5.66. The van der Waals surface area contributed by atoms with Crippen molar-refractivity contribution in [3.8, 4) is 5.75 Å². The standard InChI is InChI=1S/C16H20FNO6S/c1-16(5-6-25(21,22)10-16)18-14(19)9-24-15(20)8-11-3-4-13(23-2)12(17)7-11/h3-4,7H,5-6,8-10H2,1-2H3,(H,18,19)/t16-/m0/s1. The Labute approximate surface area is 145 Å². The molecule has 1 amide bonds. The minimum Gasteiger partial charge on any atom is -0.494 e. The molecule has 25 heavy (non-hydrogen) atoms. The van der Waals surface area contributed by atoms with E-state index in [1.807, 2.05) is 0 Å². The summed E-state index contributed by atoms with van der Waals surface area (Å²) in [5, 5.41) is 2.58. The minimum absolute atomic E-state index is 0.0204. The van der Waals surface area contributed by atoms with Crippen LogP contribution in [-0.2, 0) is 30.6 Å². The van der Waals surface area contributed by atoms with Crippen molar-refractivity contribution in [2.24, 2.45) is 0 Å². The first kappa shape index (κ1) is 19.2. The number of amides is 1. The van der Waals surface area contributed by atoms with Crippen molar-refractivity contribution >= 4 is 21.7 Å². The summed E-state index contributed by atoms with van der Waals surface area (Å²) in [6, 6.07) is 4.07. The zero-order chi connectivity index (χ0) is 18.7. The fourth-order valence-electron chi connectivity index (χ4n) is 2.67. The topological polar surface area (TPSA) is 98.8 Å². The lowest BCUT2D eigenvalue weighted by molar-refractivity contribution is -0.148. The highest BCUT2D eigenvalue weighted by Crippen LogP contribution is 2.22. The minimum atomic E-state index is -3.15. The van der Waals surface area contributed by atoms with Crippen molar-refractivity contribution in [1.29, 1.82) is 0 Å². The van der Waals surface area contributed by atoms with Gasteiger partial charge in [-0.05, 0) is 31.0 Å². The first-order valence-electron chi connectivity index (χ1n) is 7.62. The van der Waals surface area contributed by atoms with Gasteiger partial charge >= 0.3 is 5.97 Å². The molecule has 0 aliphatic carbocycles. The molecule has 2 rings (SSSR count). The molecule has 0 aromatic heterocycles. The maximum absolute atomic E-state index is 13.6. The molecule has 1 N–H and O–H groups in total. The number of rotatable bonds is 6. The molecule has 0 saturated carbocycles. The van der Waals surface area contributed by atoms with Gasteiger partial charge in [0.05, 0.1) is 30.6 Å². The Balaban J connectivity index is 1.82. The molecule has 1 saturated heterocycles. The van der Waals surface area contributed by atoms with Gasteiger partial charge in [0.15, 0.2) is 28.0 Å². The molecule has 1 atom stereocenters. The van der Waals surface area contributed by atoms with Crippen LogP contribution in [0.2, 0.25) is 0 Å². The fraction of sp³-hybridized carbons (Fsp3) is 0.500. The van der Waals surface area contributed by atoms with E-state index in [4.69, 9.17) is 9.47 Å². The quantitative estimate of drug-likeness (QED) is 0.734. The number of carbonyl (C=O) groups is 2. The molecule has 1 aliphatic rings. The van der Waals surface area contributed by atoms with Crippen molar-refractivity contribution in [2.75, 3.05) is 25.2 Å². The largest absolute Gasteiger partial charge is 0.494 e. The lowest BCUT2D eigenvalue weighted by Crippen LogP contribution is -2.48. The normalized spacial score (nSPS) is 21.6. The molecule has 9 heteroatoms. The van der Waals surface area contributed by atoms with Crippen LogP contribution >= 0.6 is 0 Å². The Bertz CT molecular complexity index is 779. The smallest absolute Gasteiger partial charge is 0.310 e. The summed E-state index contributed by atoms with van der Waals surface area (Å²) in [4.78, 5) is 23.6. The number of methoxy groups -OCH3 is 1. The maximum Gasteiger partial charge on any atom is 0.310 e. The van der Waals surface area contributed by atoms with Gasteiger partial charge in [0.2, 0.25) is 0 Å². The molecule has 0 bridgehead atoms. The molecule has 1 aromatic carbocycles. The average Bonchev–Trinajstić information content (AvgIpc) is 2.78. The number of carbonyl (C=O) groups excluding carboxylic acids is 2. The summed E-state index contributed by atoms with van der Waals surface area (Å²) in [6.07, 6.45) is 0.125. The monoisotopic (exact) mass is 373 g/mol. The summed E-state index contributed by atoms with van der Waals surface area (Å²) in [5.74, 6) is -1.91. The van der Waals surface area contributed by atoms with Gasteiger partial charge in [0, 0.05) is 0 Å². The molecule has 1 fully saturated rings. The van der Waals surface area contributed by atoms with E-state index in [-0.39, 0.29) is 23.7 Å². The van der Waals surface area contributed by atoms with Gasteiger partial charge < -0.3 is 14.8 Å². The molecule has 0 radical (unpaired) electrons. The Morgan fingerprint density at radius 3 is 2.64 bits per heavy atom. The van der Waals surface area contributed by atoms with E-state index in [2.05, 4.69) is 5.32 Å². The number of sulfone groups is 1. The van der Waals surface area contributed by atoms with Crippen molar-refractivity contribution in [1.82, 2.24) is 5.32 Å². The predicted octanol–water partition coefficient (Wildman–Crippen LogP) is 0.613. The molecular weight excluding hydrogens is 353 g/mol. The van der Waals surface area contributed by atoms with E-state index in [0.29, 0.717) is 12.0 Å². The molecule has 138 valence electrons. The van der Waals surface area contributed by atoms with Crippen LogP contribution in [0.4, 0.5) is 4.39 Å². The average molecular weight is 373 g/mol. The van der Waals surface area contributed by atoms with E-state index >= 15 is 0 Å². The summed E-state index contributed by atoms with van der Waals surface area (Å²) in [6.45, 7) is 1.12. The number of ether oxygens (including phenoxy) is 2. The van der Waals surface area contributed by atoms with E-state index in [1.54, 1.807) is 6.92 Å². The highest BCUT2D eigenvalue weighted by atomic mass is 32.2. The summed E-state index contributed by atoms with van der Waals surface area (Å²) >= 11 is 0. The number of hydrogen-bond acceptors (Lipinski definition) is 6. The Morgan fingerprint density at radius 2 is 2.08 bits per heavy atom. The Morgan fingerprint density at radius 1 is 1.36 bits per heavy atom. The van der Waals surface area contributed by atoms with Crippen LogP contribution in [0, 0.1) is 5.82 Å².